The van der Waals surface area contributed by atoms with E-state index in [-0.39, 0.29) is 5.82 Å². The summed E-state index contributed by atoms with van der Waals surface area (Å²) in [5, 5.41) is 9.95. The Labute approximate surface area is 111 Å². The molecule has 0 spiro atoms. The Kier molecular flexibility index (Phi) is 4.79. The molecule has 2 aromatic rings. The van der Waals surface area contributed by atoms with Crippen LogP contribution in [0.3, 0.4) is 0 Å². The van der Waals surface area contributed by atoms with Crippen molar-refractivity contribution in [3.63, 3.8) is 0 Å². The van der Waals surface area contributed by atoms with Crippen molar-refractivity contribution in [2.75, 3.05) is 5.75 Å². The highest BCUT2D eigenvalue weighted by atomic mass is 32.2. The lowest BCUT2D eigenvalue weighted by molar-refractivity contribution is 0.204. The number of aliphatic hydroxyl groups excluding tert-OH is 1. The molecule has 3 heteroatoms. The van der Waals surface area contributed by atoms with Crippen LogP contribution in [0.15, 0.2) is 54.6 Å². The average molecular weight is 262 g/mol. The van der Waals surface area contributed by atoms with E-state index in [0.29, 0.717) is 5.75 Å². The highest BCUT2D eigenvalue weighted by molar-refractivity contribution is 7.98. The van der Waals surface area contributed by atoms with Gasteiger partial charge in [0, 0.05) is 11.5 Å². The van der Waals surface area contributed by atoms with E-state index < -0.39 is 6.10 Å². The smallest absolute Gasteiger partial charge is 0.123 e. The number of benzene rings is 2. The summed E-state index contributed by atoms with van der Waals surface area (Å²) in [6, 6.07) is 16.1. The zero-order chi connectivity index (χ0) is 12.8. The Hall–Kier alpha value is -1.32. The molecule has 0 aliphatic rings. The number of halogens is 1. The van der Waals surface area contributed by atoms with Crippen LogP contribution in [0.4, 0.5) is 4.39 Å². The van der Waals surface area contributed by atoms with E-state index in [1.165, 1.54) is 17.7 Å². The number of thioether (sulfide) groups is 1. The molecule has 0 fully saturated rings. The third-order valence-electron chi connectivity index (χ3n) is 2.64. The Bertz CT molecular complexity index is 470. The summed E-state index contributed by atoms with van der Waals surface area (Å²) >= 11 is 1.67. The van der Waals surface area contributed by atoms with Gasteiger partial charge in [-0.1, -0.05) is 42.5 Å². The number of hydrogen-bond donors (Lipinski definition) is 1. The third kappa shape index (κ3) is 3.86. The van der Waals surface area contributed by atoms with Gasteiger partial charge in [0.2, 0.25) is 0 Å². The fraction of sp³-hybridized carbons (Fsp3) is 0.200. The molecule has 0 aromatic heterocycles. The van der Waals surface area contributed by atoms with E-state index in [2.05, 4.69) is 12.1 Å². The molecule has 0 saturated heterocycles. The first kappa shape index (κ1) is 13.1. The lowest BCUT2D eigenvalue weighted by Gasteiger charge is -2.10. The van der Waals surface area contributed by atoms with Gasteiger partial charge in [0.1, 0.15) is 5.82 Å². The lowest BCUT2D eigenvalue weighted by atomic mass is 10.1. The molecule has 0 bridgehead atoms. The fourth-order valence-electron chi connectivity index (χ4n) is 1.64. The summed E-state index contributed by atoms with van der Waals surface area (Å²) in [5.41, 5.74) is 2.01. The quantitative estimate of drug-likeness (QED) is 0.884. The SMILES string of the molecule is OC(CSCc1ccccc1)c1ccc(F)cc1. The van der Waals surface area contributed by atoms with Gasteiger partial charge >= 0.3 is 0 Å². The minimum absolute atomic E-state index is 0.275. The second kappa shape index (κ2) is 6.57. The van der Waals surface area contributed by atoms with Crippen LogP contribution in [-0.2, 0) is 5.75 Å². The van der Waals surface area contributed by atoms with Crippen molar-refractivity contribution in [1.29, 1.82) is 0 Å². The summed E-state index contributed by atoms with van der Waals surface area (Å²) < 4.78 is 12.7. The van der Waals surface area contributed by atoms with Gasteiger partial charge in [0.15, 0.2) is 0 Å². The van der Waals surface area contributed by atoms with Crippen LogP contribution in [0.2, 0.25) is 0 Å². The number of rotatable bonds is 5. The molecule has 2 rings (SSSR count). The normalized spacial score (nSPS) is 12.3. The summed E-state index contributed by atoms with van der Waals surface area (Å²) in [7, 11) is 0. The Morgan fingerprint density at radius 3 is 2.33 bits per heavy atom. The molecule has 1 nitrogen and oxygen atoms in total. The molecule has 94 valence electrons. The van der Waals surface area contributed by atoms with Crippen LogP contribution < -0.4 is 0 Å². The molecular formula is C15H15FOS. The topological polar surface area (TPSA) is 20.2 Å². The maximum absolute atomic E-state index is 12.7. The minimum atomic E-state index is -0.542. The number of aliphatic hydroxyl groups is 1. The molecule has 0 aliphatic heterocycles. The summed E-state index contributed by atoms with van der Waals surface area (Å²) in [6.45, 7) is 0. The van der Waals surface area contributed by atoms with E-state index in [9.17, 15) is 9.50 Å². The Morgan fingerprint density at radius 2 is 1.67 bits per heavy atom. The van der Waals surface area contributed by atoms with Crippen molar-refractivity contribution in [3.05, 3.63) is 71.5 Å². The predicted octanol–water partition coefficient (Wildman–Crippen LogP) is 3.79. The second-order valence-corrected chi connectivity index (χ2v) is 5.10. The van der Waals surface area contributed by atoms with E-state index in [4.69, 9.17) is 0 Å². The summed E-state index contributed by atoms with van der Waals surface area (Å²) in [6.07, 6.45) is -0.542. The number of hydrogen-bond acceptors (Lipinski definition) is 2. The fourth-order valence-corrected chi connectivity index (χ4v) is 2.61. The van der Waals surface area contributed by atoms with Crippen molar-refractivity contribution < 1.29 is 9.50 Å². The van der Waals surface area contributed by atoms with Crippen molar-refractivity contribution in [1.82, 2.24) is 0 Å². The molecule has 0 heterocycles. The van der Waals surface area contributed by atoms with Gasteiger partial charge in [-0.25, -0.2) is 4.39 Å². The first-order valence-electron chi connectivity index (χ1n) is 5.81. The molecule has 0 radical (unpaired) electrons. The van der Waals surface area contributed by atoms with E-state index in [0.717, 1.165) is 11.3 Å². The summed E-state index contributed by atoms with van der Waals surface area (Å²) in [5.74, 6) is 1.21. The van der Waals surface area contributed by atoms with Crippen LogP contribution in [-0.4, -0.2) is 10.9 Å². The van der Waals surface area contributed by atoms with Gasteiger partial charge in [0.05, 0.1) is 6.10 Å². The lowest BCUT2D eigenvalue weighted by Crippen LogP contribution is -2.00. The van der Waals surface area contributed by atoms with Crippen LogP contribution in [0.25, 0.3) is 0 Å². The molecule has 2 aromatic carbocycles. The van der Waals surface area contributed by atoms with Crippen LogP contribution in [0, 0.1) is 5.82 Å². The molecule has 1 N–H and O–H groups in total. The van der Waals surface area contributed by atoms with Crippen molar-refractivity contribution >= 4 is 11.8 Å². The molecule has 18 heavy (non-hydrogen) atoms. The van der Waals surface area contributed by atoms with E-state index in [1.54, 1.807) is 23.9 Å². The summed E-state index contributed by atoms with van der Waals surface area (Å²) in [4.78, 5) is 0. The van der Waals surface area contributed by atoms with Gasteiger partial charge in [-0.15, -0.1) is 0 Å². The van der Waals surface area contributed by atoms with Crippen molar-refractivity contribution in [3.8, 4) is 0 Å². The standard InChI is InChI=1S/C15H15FOS/c16-14-8-6-13(7-9-14)15(17)11-18-10-12-4-2-1-3-5-12/h1-9,15,17H,10-11H2. The first-order valence-corrected chi connectivity index (χ1v) is 6.96. The Balaban J connectivity index is 1.81. The Morgan fingerprint density at radius 1 is 1.00 bits per heavy atom. The van der Waals surface area contributed by atoms with Crippen LogP contribution in [0.5, 0.6) is 0 Å². The highest BCUT2D eigenvalue weighted by Crippen LogP contribution is 2.21. The zero-order valence-corrected chi connectivity index (χ0v) is 10.7. The third-order valence-corrected chi connectivity index (χ3v) is 3.73. The maximum Gasteiger partial charge on any atom is 0.123 e. The van der Waals surface area contributed by atoms with E-state index in [1.807, 2.05) is 18.2 Å². The van der Waals surface area contributed by atoms with Crippen molar-refractivity contribution in [2.24, 2.45) is 0 Å². The van der Waals surface area contributed by atoms with Gasteiger partial charge in [0.25, 0.3) is 0 Å². The predicted molar refractivity (Wildman–Crippen MR) is 74.0 cm³/mol. The average Bonchev–Trinajstić information content (AvgIpc) is 2.40. The van der Waals surface area contributed by atoms with Gasteiger partial charge < -0.3 is 5.11 Å². The largest absolute Gasteiger partial charge is 0.388 e. The minimum Gasteiger partial charge on any atom is -0.388 e. The van der Waals surface area contributed by atoms with E-state index >= 15 is 0 Å². The molecule has 0 amide bonds. The van der Waals surface area contributed by atoms with Crippen LogP contribution in [0.1, 0.15) is 17.2 Å². The molecule has 0 saturated carbocycles. The molecule has 1 atom stereocenters. The van der Waals surface area contributed by atoms with Crippen molar-refractivity contribution in [2.45, 2.75) is 11.9 Å². The second-order valence-electron chi connectivity index (χ2n) is 4.07. The highest BCUT2D eigenvalue weighted by Gasteiger charge is 2.07. The first-order chi connectivity index (χ1) is 8.75. The van der Waals surface area contributed by atoms with Gasteiger partial charge in [-0.05, 0) is 23.3 Å². The molecular weight excluding hydrogens is 247 g/mol. The zero-order valence-electron chi connectivity index (χ0n) is 9.92. The van der Waals surface area contributed by atoms with Gasteiger partial charge in [-0.2, -0.15) is 11.8 Å². The van der Waals surface area contributed by atoms with Crippen LogP contribution >= 0.6 is 11.8 Å². The van der Waals surface area contributed by atoms with Gasteiger partial charge in [-0.3, -0.25) is 0 Å². The monoisotopic (exact) mass is 262 g/mol. The molecule has 0 aliphatic carbocycles. The molecule has 1 unspecified atom stereocenters. The maximum atomic E-state index is 12.7.